The number of nitrogens with one attached hydrogen (secondary N) is 1. The summed E-state index contributed by atoms with van der Waals surface area (Å²) in [7, 11) is 3.05. The standard InChI is InChI=1S/C6H13N3O2/c1-8-5(10)4-9(2)6(11)3-7/h3-4,7H2,1-2H3,(H,8,10). The van der Waals surface area contributed by atoms with Gasteiger partial charge in [-0.1, -0.05) is 0 Å². The molecule has 0 heterocycles. The minimum absolute atomic E-state index is 0.0620. The van der Waals surface area contributed by atoms with Crippen LogP contribution in [0.15, 0.2) is 0 Å². The molecule has 0 saturated heterocycles. The van der Waals surface area contributed by atoms with Crippen molar-refractivity contribution in [3.8, 4) is 0 Å². The van der Waals surface area contributed by atoms with Crippen LogP contribution in [0.4, 0.5) is 0 Å². The molecule has 0 aromatic heterocycles. The second kappa shape index (κ2) is 4.68. The smallest absolute Gasteiger partial charge is 0.239 e. The number of likely N-dealkylation sites (N-methyl/N-ethyl adjacent to an activating group) is 2. The predicted molar refractivity (Wildman–Crippen MR) is 40.8 cm³/mol. The average Bonchev–Trinajstić information content (AvgIpc) is 2.02. The molecular weight excluding hydrogens is 146 g/mol. The number of carbonyl (C=O) groups is 2. The fourth-order valence-electron chi connectivity index (χ4n) is 0.538. The van der Waals surface area contributed by atoms with Crippen LogP contribution < -0.4 is 11.1 Å². The summed E-state index contributed by atoms with van der Waals surface area (Å²) in [5.74, 6) is -0.442. The first-order valence-corrected chi connectivity index (χ1v) is 3.26. The Morgan fingerprint density at radius 2 is 2.09 bits per heavy atom. The van der Waals surface area contributed by atoms with E-state index in [1.165, 1.54) is 19.0 Å². The van der Waals surface area contributed by atoms with Crippen LogP contribution in [-0.2, 0) is 9.59 Å². The lowest BCUT2D eigenvalue weighted by Gasteiger charge is -2.14. The van der Waals surface area contributed by atoms with Crippen molar-refractivity contribution in [2.24, 2.45) is 5.73 Å². The van der Waals surface area contributed by atoms with Crippen LogP contribution >= 0.6 is 0 Å². The van der Waals surface area contributed by atoms with Crippen molar-refractivity contribution in [3.05, 3.63) is 0 Å². The summed E-state index contributed by atoms with van der Waals surface area (Å²) >= 11 is 0. The molecule has 0 aliphatic carbocycles. The Kier molecular flexibility index (Phi) is 4.21. The third kappa shape index (κ3) is 3.57. The molecule has 0 unspecified atom stereocenters. The van der Waals surface area contributed by atoms with E-state index in [4.69, 9.17) is 5.73 Å². The van der Waals surface area contributed by atoms with Crippen molar-refractivity contribution >= 4 is 11.8 Å². The van der Waals surface area contributed by atoms with Gasteiger partial charge in [0.05, 0.1) is 13.1 Å². The van der Waals surface area contributed by atoms with E-state index in [1.807, 2.05) is 0 Å². The molecule has 0 rings (SSSR count). The van der Waals surface area contributed by atoms with E-state index < -0.39 is 0 Å². The summed E-state index contributed by atoms with van der Waals surface area (Å²) in [5, 5.41) is 2.40. The molecule has 0 bridgehead atoms. The molecule has 3 N–H and O–H groups in total. The minimum Gasteiger partial charge on any atom is -0.358 e. The second-order valence-corrected chi connectivity index (χ2v) is 2.13. The van der Waals surface area contributed by atoms with Gasteiger partial charge in [0.25, 0.3) is 0 Å². The summed E-state index contributed by atoms with van der Waals surface area (Å²) in [5.41, 5.74) is 5.07. The number of carbonyl (C=O) groups excluding carboxylic acids is 2. The molecule has 0 saturated carbocycles. The van der Waals surface area contributed by atoms with Gasteiger partial charge in [-0.05, 0) is 0 Å². The van der Waals surface area contributed by atoms with Crippen molar-refractivity contribution in [1.29, 1.82) is 0 Å². The lowest BCUT2D eigenvalue weighted by molar-refractivity contribution is -0.133. The highest BCUT2D eigenvalue weighted by Crippen LogP contribution is 1.81. The van der Waals surface area contributed by atoms with Gasteiger partial charge in [-0.3, -0.25) is 9.59 Å². The van der Waals surface area contributed by atoms with Crippen molar-refractivity contribution < 1.29 is 9.59 Å². The van der Waals surface area contributed by atoms with E-state index >= 15 is 0 Å². The molecule has 0 radical (unpaired) electrons. The van der Waals surface area contributed by atoms with E-state index in [2.05, 4.69) is 5.32 Å². The SMILES string of the molecule is CNC(=O)CN(C)C(=O)CN. The van der Waals surface area contributed by atoms with Gasteiger partial charge >= 0.3 is 0 Å². The lowest BCUT2D eigenvalue weighted by Crippen LogP contribution is -2.39. The first-order chi connectivity index (χ1) is 5.11. The summed E-state index contributed by atoms with van der Waals surface area (Å²) in [4.78, 5) is 22.8. The highest BCUT2D eigenvalue weighted by molar-refractivity contribution is 5.85. The van der Waals surface area contributed by atoms with Crippen molar-refractivity contribution in [1.82, 2.24) is 10.2 Å². The van der Waals surface area contributed by atoms with Gasteiger partial charge in [-0.25, -0.2) is 0 Å². The number of amides is 2. The van der Waals surface area contributed by atoms with Crippen LogP contribution in [0.1, 0.15) is 0 Å². The Hall–Kier alpha value is -1.10. The predicted octanol–water partition coefficient (Wildman–Crippen LogP) is -1.85. The maximum absolute atomic E-state index is 10.8. The van der Waals surface area contributed by atoms with E-state index in [-0.39, 0.29) is 24.9 Å². The van der Waals surface area contributed by atoms with Gasteiger partial charge in [0.2, 0.25) is 11.8 Å². The Morgan fingerprint density at radius 1 is 1.55 bits per heavy atom. The fraction of sp³-hybridized carbons (Fsp3) is 0.667. The zero-order chi connectivity index (χ0) is 8.85. The first kappa shape index (κ1) is 9.90. The summed E-state index contributed by atoms with van der Waals surface area (Å²) in [6, 6.07) is 0. The maximum Gasteiger partial charge on any atom is 0.239 e. The second-order valence-electron chi connectivity index (χ2n) is 2.13. The molecule has 5 heteroatoms. The van der Waals surface area contributed by atoms with Crippen molar-refractivity contribution in [2.75, 3.05) is 27.2 Å². The molecule has 11 heavy (non-hydrogen) atoms. The Balaban J connectivity index is 3.77. The number of hydrogen-bond acceptors (Lipinski definition) is 3. The zero-order valence-corrected chi connectivity index (χ0v) is 6.76. The number of nitrogens with zero attached hydrogens (tertiary/aromatic N) is 1. The average molecular weight is 159 g/mol. The third-order valence-electron chi connectivity index (χ3n) is 1.26. The molecule has 64 valence electrons. The molecule has 0 aromatic carbocycles. The summed E-state index contributed by atoms with van der Waals surface area (Å²) in [6.07, 6.45) is 0. The fourth-order valence-corrected chi connectivity index (χ4v) is 0.538. The van der Waals surface area contributed by atoms with E-state index in [1.54, 1.807) is 0 Å². The van der Waals surface area contributed by atoms with Crippen LogP contribution in [0, 0.1) is 0 Å². The van der Waals surface area contributed by atoms with Crippen LogP contribution in [0.3, 0.4) is 0 Å². The summed E-state index contributed by atoms with van der Waals surface area (Å²) < 4.78 is 0. The maximum atomic E-state index is 10.8. The molecule has 0 aliphatic heterocycles. The lowest BCUT2D eigenvalue weighted by atomic mass is 10.4. The van der Waals surface area contributed by atoms with Crippen LogP contribution in [0.25, 0.3) is 0 Å². The molecule has 5 nitrogen and oxygen atoms in total. The molecular formula is C6H13N3O2. The van der Waals surface area contributed by atoms with E-state index in [0.29, 0.717) is 0 Å². The number of hydrogen-bond donors (Lipinski definition) is 2. The van der Waals surface area contributed by atoms with Crippen molar-refractivity contribution in [2.45, 2.75) is 0 Å². The molecule has 0 spiro atoms. The monoisotopic (exact) mass is 159 g/mol. The van der Waals surface area contributed by atoms with Crippen molar-refractivity contribution in [3.63, 3.8) is 0 Å². The molecule has 0 fully saturated rings. The highest BCUT2D eigenvalue weighted by Gasteiger charge is 2.08. The molecule has 0 atom stereocenters. The largest absolute Gasteiger partial charge is 0.358 e. The zero-order valence-electron chi connectivity index (χ0n) is 6.76. The van der Waals surface area contributed by atoms with Gasteiger partial charge in [0.1, 0.15) is 0 Å². The topological polar surface area (TPSA) is 75.4 Å². The van der Waals surface area contributed by atoms with Gasteiger partial charge < -0.3 is 16.0 Å². The molecule has 2 amide bonds. The third-order valence-corrected chi connectivity index (χ3v) is 1.26. The highest BCUT2D eigenvalue weighted by atomic mass is 16.2. The Morgan fingerprint density at radius 3 is 2.45 bits per heavy atom. The number of rotatable bonds is 3. The van der Waals surface area contributed by atoms with Gasteiger partial charge in [-0.15, -0.1) is 0 Å². The van der Waals surface area contributed by atoms with Crippen LogP contribution in [0.5, 0.6) is 0 Å². The van der Waals surface area contributed by atoms with Crippen LogP contribution in [0.2, 0.25) is 0 Å². The van der Waals surface area contributed by atoms with E-state index in [0.717, 1.165) is 0 Å². The van der Waals surface area contributed by atoms with Gasteiger partial charge in [0, 0.05) is 14.1 Å². The van der Waals surface area contributed by atoms with Gasteiger partial charge in [-0.2, -0.15) is 0 Å². The minimum atomic E-state index is -0.242. The Bertz CT molecular complexity index is 158. The molecule has 0 aromatic rings. The summed E-state index contributed by atoms with van der Waals surface area (Å²) in [6.45, 7) is 0.0000274. The van der Waals surface area contributed by atoms with E-state index in [9.17, 15) is 9.59 Å². The van der Waals surface area contributed by atoms with Gasteiger partial charge in [0.15, 0.2) is 0 Å². The first-order valence-electron chi connectivity index (χ1n) is 3.26. The quantitative estimate of drug-likeness (QED) is 0.507. The Labute approximate surface area is 65.5 Å². The normalized spacial score (nSPS) is 9.00. The molecule has 0 aliphatic rings. The van der Waals surface area contributed by atoms with Crippen LogP contribution in [-0.4, -0.2) is 43.9 Å². The number of nitrogens with two attached hydrogens (primary N) is 1.